The van der Waals surface area contributed by atoms with Crippen molar-refractivity contribution >= 4 is 5.97 Å². The molecule has 0 radical (unpaired) electrons. The molecule has 3 N–H and O–H groups in total. The number of carboxylic acids is 1. The summed E-state index contributed by atoms with van der Waals surface area (Å²) >= 11 is 0. The average molecular weight is 241 g/mol. The van der Waals surface area contributed by atoms with Crippen LogP contribution >= 0.6 is 0 Å². The Morgan fingerprint density at radius 2 is 1.82 bits per heavy atom. The van der Waals surface area contributed by atoms with Gasteiger partial charge in [0.25, 0.3) is 0 Å². The summed E-state index contributed by atoms with van der Waals surface area (Å²) in [5.41, 5.74) is 6.29. The van der Waals surface area contributed by atoms with Crippen LogP contribution in [-0.2, 0) is 11.3 Å². The summed E-state index contributed by atoms with van der Waals surface area (Å²) in [5, 5.41) is 8.52. The van der Waals surface area contributed by atoms with E-state index in [1.54, 1.807) is 12.1 Å². The van der Waals surface area contributed by atoms with Crippen molar-refractivity contribution in [2.75, 3.05) is 20.8 Å². The zero-order valence-corrected chi connectivity index (χ0v) is 9.73. The second-order valence-electron chi connectivity index (χ2n) is 3.19. The molecule has 0 bridgehead atoms. The van der Waals surface area contributed by atoms with E-state index < -0.39 is 12.6 Å². The normalized spacial score (nSPS) is 9.82. The Hall–Kier alpha value is -1.95. The fraction of sp³-hybridized carbons (Fsp3) is 0.364. The minimum Gasteiger partial charge on any atom is -0.496 e. The SMILES string of the molecule is COc1cc(OCC(=O)O)cc(OC)c1CN. The lowest BCUT2D eigenvalue weighted by Crippen LogP contribution is -2.10. The third-order valence-electron chi connectivity index (χ3n) is 2.15. The van der Waals surface area contributed by atoms with Crippen molar-refractivity contribution in [3.8, 4) is 17.2 Å². The van der Waals surface area contributed by atoms with E-state index in [1.165, 1.54) is 14.2 Å². The molecule has 94 valence electrons. The van der Waals surface area contributed by atoms with Crippen molar-refractivity contribution in [1.29, 1.82) is 0 Å². The van der Waals surface area contributed by atoms with Crippen LogP contribution in [0, 0.1) is 0 Å². The Bertz CT molecular complexity index is 380. The first-order valence-corrected chi connectivity index (χ1v) is 4.92. The topological polar surface area (TPSA) is 91.0 Å². The number of methoxy groups -OCH3 is 2. The number of carboxylic acid groups (broad SMARTS) is 1. The van der Waals surface area contributed by atoms with Crippen LogP contribution in [-0.4, -0.2) is 31.9 Å². The lowest BCUT2D eigenvalue weighted by atomic mass is 10.1. The van der Waals surface area contributed by atoms with Crippen LogP contribution in [0.4, 0.5) is 0 Å². The van der Waals surface area contributed by atoms with Crippen LogP contribution in [0.1, 0.15) is 5.56 Å². The summed E-state index contributed by atoms with van der Waals surface area (Å²) in [4.78, 5) is 10.4. The van der Waals surface area contributed by atoms with Crippen LogP contribution in [0.25, 0.3) is 0 Å². The summed E-state index contributed by atoms with van der Waals surface area (Å²) in [6.45, 7) is -0.167. The summed E-state index contributed by atoms with van der Waals surface area (Å²) in [5.74, 6) is 0.323. The molecule has 0 spiro atoms. The summed E-state index contributed by atoms with van der Waals surface area (Å²) in [7, 11) is 2.99. The van der Waals surface area contributed by atoms with Gasteiger partial charge in [-0.2, -0.15) is 0 Å². The van der Waals surface area contributed by atoms with E-state index in [2.05, 4.69) is 0 Å². The minimum atomic E-state index is -1.05. The first-order chi connectivity index (χ1) is 8.12. The minimum absolute atomic E-state index is 0.256. The zero-order valence-electron chi connectivity index (χ0n) is 9.73. The van der Waals surface area contributed by atoms with Crippen LogP contribution in [0.5, 0.6) is 17.2 Å². The highest BCUT2D eigenvalue weighted by atomic mass is 16.5. The lowest BCUT2D eigenvalue weighted by molar-refractivity contribution is -0.139. The summed E-state index contributed by atoms with van der Waals surface area (Å²) < 4.78 is 15.3. The number of ether oxygens (including phenoxy) is 3. The zero-order chi connectivity index (χ0) is 12.8. The molecule has 0 aromatic heterocycles. The second-order valence-corrected chi connectivity index (χ2v) is 3.19. The number of aliphatic carboxylic acids is 1. The Kier molecular flexibility index (Phi) is 4.59. The molecule has 0 aliphatic carbocycles. The maximum atomic E-state index is 10.4. The van der Waals surface area contributed by atoms with Crippen LogP contribution in [0.15, 0.2) is 12.1 Å². The molecule has 0 heterocycles. The molecule has 1 rings (SSSR count). The highest BCUT2D eigenvalue weighted by molar-refractivity contribution is 5.68. The number of benzene rings is 1. The van der Waals surface area contributed by atoms with E-state index in [-0.39, 0.29) is 6.54 Å². The summed E-state index contributed by atoms with van der Waals surface area (Å²) in [6, 6.07) is 3.15. The number of rotatable bonds is 6. The van der Waals surface area contributed by atoms with Gasteiger partial charge in [0.15, 0.2) is 6.61 Å². The number of carbonyl (C=O) groups is 1. The van der Waals surface area contributed by atoms with E-state index in [1.807, 2.05) is 0 Å². The Morgan fingerprint density at radius 1 is 1.29 bits per heavy atom. The molecule has 0 saturated heterocycles. The van der Waals surface area contributed by atoms with Crippen molar-refractivity contribution in [1.82, 2.24) is 0 Å². The fourth-order valence-corrected chi connectivity index (χ4v) is 1.39. The molecule has 1 aromatic rings. The third-order valence-corrected chi connectivity index (χ3v) is 2.15. The largest absolute Gasteiger partial charge is 0.496 e. The average Bonchev–Trinajstić information content (AvgIpc) is 2.34. The Morgan fingerprint density at radius 3 is 2.18 bits per heavy atom. The van der Waals surface area contributed by atoms with Gasteiger partial charge in [0.05, 0.1) is 14.2 Å². The third kappa shape index (κ3) is 3.25. The maximum absolute atomic E-state index is 10.4. The molecule has 6 heteroatoms. The highest BCUT2D eigenvalue weighted by Gasteiger charge is 2.12. The summed E-state index contributed by atoms with van der Waals surface area (Å²) in [6.07, 6.45) is 0. The molecule has 0 unspecified atom stereocenters. The number of hydrogen-bond acceptors (Lipinski definition) is 5. The molecule has 0 saturated carbocycles. The van der Waals surface area contributed by atoms with Gasteiger partial charge in [-0.3, -0.25) is 0 Å². The van der Waals surface area contributed by atoms with Crippen molar-refractivity contribution in [3.63, 3.8) is 0 Å². The molecular weight excluding hydrogens is 226 g/mol. The standard InChI is InChI=1S/C11H15NO5/c1-15-9-3-7(17-6-11(13)14)4-10(16-2)8(9)5-12/h3-4H,5-6,12H2,1-2H3,(H,13,14). The molecule has 1 aromatic carbocycles. The van der Waals surface area contributed by atoms with Gasteiger partial charge in [0.2, 0.25) is 0 Å². The molecular formula is C11H15NO5. The first-order valence-electron chi connectivity index (χ1n) is 4.92. The monoisotopic (exact) mass is 241 g/mol. The Labute approximate surface area is 98.9 Å². The van der Waals surface area contributed by atoms with Crippen molar-refractivity contribution in [3.05, 3.63) is 17.7 Å². The smallest absolute Gasteiger partial charge is 0.341 e. The van der Waals surface area contributed by atoms with Crippen LogP contribution < -0.4 is 19.9 Å². The van der Waals surface area contributed by atoms with Gasteiger partial charge >= 0.3 is 5.97 Å². The van der Waals surface area contributed by atoms with E-state index in [4.69, 9.17) is 25.1 Å². The predicted molar refractivity (Wildman–Crippen MR) is 60.6 cm³/mol. The van der Waals surface area contributed by atoms with Crippen LogP contribution in [0.3, 0.4) is 0 Å². The molecule has 0 atom stereocenters. The Balaban J connectivity index is 3.04. The lowest BCUT2D eigenvalue weighted by Gasteiger charge is -2.14. The van der Waals surface area contributed by atoms with E-state index in [0.717, 1.165) is 0 Å². The van der Waals surface area contributed by atoms with Gasteiger partial charge in [-0.1, -0.05) is 0 Å². The number of nitrogens with two attached hydrogens (primary N) is 1. The van der Waals surface area contributed by atoms with E-state index >= 15 is 0 Å². The molecule has 0 aliphatic heterocycles. The number of hydrogen-bond donors (Lipinski definition) is 2. The van der Waals surface area contributed by atoms with Gasteiger partial charge in [0.1, 0.15) is 17.2 Å². The van der Waals surface area contributed by atoms with Crippen molar-refractivity contribution in [2.45, 2.75) is 6.54 Å². The molecule has 6 nitrogen and oxygen atoms in total. The predicted octanol–water partition coefficient (Wildman–Crippen LogP) is 0.626. The second kappa shape index (κ2) is 5.95. The van der Waals surface area contributed by atoms with Crippen molar-refractivity contribution in [2.24, 2.45) is 5.73 Å². The fourth-order valence-electron chi connectivity index (χ4n) is 1.39. The van der Waals surface area contributed by atoms with Crippen LogP contribution in [0.2, 0.25) is 0 Å². The maximum Gasteiger partial charge on any atom is 0.341 e. The van der Waals surface area contributed by atoms with Gasteiger partial charge in [-0.05, 0) is 0 Å². The molecule has 17 heavy (non-hydrogen) atoms. The van der Waals surface area contributed by atoms with Gasteiger partial charge in [0, 0.05) is 24.2 Å². The van der Waals surface area contributed by atoms with Gasteiger partial charge < -0.3 is 25.1 Å². The van der Waals surface area contributed by atoms with Crippen molar-refractivity contribution < 1.29 is 24.1 Å². The molecule has 0 aliphatic rings. The van der Waals surface area contributed by atoms with Gasteiger partial charge in [-0.25, -0.2) is 4.79 Å². The first kappa shape index (κ1) is 13.1. The van der Waals surface area contributed by atoms with E-state index in [0.29, 0.717) is 22.8 Å². The van der Waals surface area contributed by atoms with E-state index in [9.17, 15) is 4.79 Å². The van der Waals surface area contributed by atoms with Gasteiger partial charge in [-0.15, -0.1) is 0 Å². The molecule has 0 fully saturated rings. The molecule has 0 amide bonds. The quantitative estimate of drug-likeness (QED) is 0.758. The highest BCUT2D eigenvalue weighted by Crippen LogP contribution is 2.33.